The van der Waals surface area contributed by atoms with Crippen LogP contribution in [0.2, 0.25) is 0 Å². The van der Waals surface area contributed by atoms with Gasteiger partial charge in [0.2, 0.25) is 2.14 Å². The monoisotopic (exact) mass is 292 g/mol. The van der Waals surface area contributed by atoms with Crippen LogP contribution in [0.5, 0.6) is 0 Å². The Balaban J connectivity index is 3.79. The molecule has 0 heterocycles. The largest absolute Gasteiger partial charge is 0.277 e. The maximum Gasteiger partial charge on any atom is 0.277 e. The topological polar surface area (TPSA) is 40.9 Å². The van der Waals surface area contributed by atoms with E-state index >= 15 is 0 Å². The predicted octanol–water partition coefficient (Wildman–Crippen LogP) is 1.63. The Labute approximate surface area is 66.2 Å². The van der Waals surface area contributed by atoms with Gasteiger partial charge in [0.25, 0.3) is 5.91 Å². The van der Waals surface area contributed by atoms with E-state index in [0.29, 0.717) is 0 Å². The van der Waals surface area contributed by atoms with Gasteiger partial charge in [-0.25, -0.2) is 0 Å². The highest BCUT2D eigenvalue weighted by Gasteiger charge is 2.25. The smallest absolute Gasteiger partial charge is 0.270 e. The molecule has 7 heavy (non-hydrogen) atoms. The zero-order valence-electron chi connectivity index (χ0n) is 3.04. The molecule has 0 aromatic rings. The molecule has 0 atom stereocenters. The van der Waals surface area contributed by atoms with Gasteiger partial charge in [-0.2, -0.15) is 0 Å². The van der Waals surface area contributed by atoms with Gasteiger partial charge in [-0.1, -0.05) is 0 Å². The van der Waals surface area contributed by atoms with Crippen molar-refractivity contribution >= 4 is 53.7 Å². The van der Waals surface area contributed by atoms with E-state index in [4.69, 9.17) is 5.73 Å². The van der Waals surface area contributed by atoms with Crippen LogP contribution in [0.3, 0.4) is 0 Å². The molecule has 0 aliphatic carbocycles. The van der Waals surface area contributed by atoms with Crippen molar-refractivity contribution in [1.29, 1.82) is 0 Å². The van der Waals surface area contributed by atoms with E-state index in [1.54, 1.807) is 0 Å². The predicted molar refractivity (Wildman–Crippen MR) is 37.6 cm³/mol. The summed E-state index contributed by atoms with van der Waals surface area (Å²) in [6, 6.07) is 0. The summed E-state index contributed by atoms with van der Waals surface area (Å²) >= 11 is 8.52. The highest BCUT2D eigenvalue weighted by Crippen LogP contribution is 2.32. The second-order valence-corrected chi connectivity index (χ2v) is 7.59. The Kier molecular flexibility index (Phi) is 2.78. The fraction of sp³-hybridized carbons (Fsp3) is 0.500. The summed E-state index contributed by atoms with van der Waals surface area (Å²) in [6.07, 6.45) is 0. The third-order valence-corrected chi connectivity index (χ3v) is 1.34. The molecule has 0 aliphatic heterocycles. The van der Waals surface area contributed by atoms with Crippen molar-refractivity contribution in [1.82, 2.24) is 5.73 Å². The normalized spacial score (nSPS) is 11.3. The lowest BCUT2D eigenvalue weighted by molar-refractivity contribution is -0.117. The molecule has 0 saturated heterocycles. The molecule has 1 amide bonds. The van der Waals surface area contributed by atoms with Gasteiger partial charge in [-0.15, -0.1) is 0 Å². The number of hydrogen-bond donors (Lipinski definition) is 0. The van der Waals surface area contributed by atoms with Crippen LogP contribution in [0, 0.1) is 0 Å². The lowest BCUT2D eigenvalue weighted by atomic mass is 10.8. The summed E-state index contributed by atoms with van der Waals surface area (Å²) in [5.41, 5.74) is 6.45. The average Bonchev–Trinajstić information content (AvgIpc) is 1.31. The molecular formula is C2HBr3NO. The average molecular weight is 295 g/mol. The van der Waals surface area contributed by atoms with Gasteiger partial charge in [0, 0.05) is 0 Å². The zero-order valence-corrected chi connectivity index (χ0v) is 7.80. The van der Waals surface area contributed by atoms with Crippen LogP contribution in [-0.2, 0) is 4.79 Å². The minimum atomic E-state index is -1.03. The third-order valence-electron chi connectivity index (χ3n) is 0.257. The van der Waals surface area contributed by atoms with Crippen LogP contribution in [-0.4, -0.2) is 8.05 Å². The minimum Gasteiger partial charge on any atom is -0.270 e. The van der Waals surface area contributed by atoms with Gasteiger partial charge in [0.05, 0.1) is 0 Å². The summed E-state index contributed by atoms with van der Waals surface area (Å²) in [5, 5.41) is 0. The van der Waals surface area contributed by atoms with Crippen molar-refractivity contribution in [2.75, 3.05) is 0 Å². The summed E-state index contributed by atoms with van der Waals surface area (Å²) in [6.45, 7) is 0. The number of amides is 1. The summed E-state index contributed by atoms with van der Waals surface area (Å²) < 4.78 is -1.03. The minimum absolute atomic E-state index is 0.757. The van der Waals surface area contributed by atoms with Crippen LogP contribution >= 0.6 is 47.8 Å². The highest BCUT2D eigenvalue weighted by atomic mass is 80.0. The Morgan fingerprint density at radius 3 is 1.57 bits per heavy atom. The van der Waals surface area contributed by atoms with Gasteiger partial charge in [-0.05, 0) is 47.8 Å². The Hall–Kier alpha value is 0.910. The number of carbonyl (C=O) groups is 1. The molecule has 1 radical (unpaired) electrons. The Bertz CT molecular complexity index is 85.4. The van der Waals surface area contributed by atoms with E-state index in [-0.39, 0.29) is 0 Å². The van der Waals surface area contributed by atoms with Gasteiger partial charge in [0.1, 0.15) is 0 Å². The third kappa shape index (κ3) is 3.49. The Morgan fingerprint density at radius 2 is 1.57 bits per heavy atom. The lowest BCUT2D eigenvalue weighted by Crippen LogP contribution is -2.16. The summed E-state index contributed by atoms with van der Waals surface area (Å²) in [4.78, 5) is 9.99. The highest BCUT2D eigenvalue weighted by molar-refractivity contribution is 9.40. The van der Waals surface area contributed by atoms with Gasteiger partial charge in [-0.3, -0.25) is 10.5 Å². The van der Waals surface area contributed by atoms with E-state index < -0.39 is 8.05 Å². The maximum absolute atomic E-state index is 9.99. The van der Waals surface area contributed by atoms with Crippen LogP contribution in [0.15, 0.2) is 0 Å². The summed E-state index contributed by atoms with van der Waals surface area (Å²) in [7, 11) is 0. The van der Waals surface area contributed by atoms with E-state index in [1.807, 2.05) is 0 Å². The molecule has 2 nitrogen and oxygen atoms in total. The van der Waals surface area contributed by atoms with Crippen molar-refractivity contribution in [2.45, 2.75) is 2.14 Å². The first kappa shape index (κ1) is 7.91. The van der Waals surface area contributed by atoms with Crippen LogP contribution in [0.1, 0.15) is 0 Å². The van der Waals surface area contributed by atoms with Crippen LogP contribution in [0.25, 0.3) is 0 Å². The standard InChI is InChI=1S/C2HBr3NO/c3-2(4,5)1(6)7/h6H. The van der Waals surface area contributed by atoms with Crippen molar-refractivity contribution in [3.63, 3.8) is 0 Å². The van der Waals surface area contributed by atoms with E-state index in [1.165, 1.54) is 0 Å². The molecule has 0 bridgehead atoms. The molecule has 0 unspecified atom stereocenters. The number of halogens is 3. The van der Waals surface area contributed by atoms with E-state index in [2.05, 4.69) is 47.8 Å². The quantitative estimate of drug-likeness (QED) is 0.626. The molecule has 0 aromatic heterocycles. The lowest BCUT2D eigenvalue weighted by Gasteiger charge is -2.01. The van der Waals surface area contributed by atoms with Crippen molar-refractivity contribution in [3.05, 3.63) is 0 Å². The second-order valence-electron chi connectivity index (χ2n) is 0.827. The van der Waals surface area contributed by atoms with Gasteiger partial charge < -0.3 is 0 Å². The van der Waals surface area contributed by atoms with E-state index in [9.17, 15) is 4.79 Å². The first-order valence-electron chi connectivity index (χ1n) is 1.27. The fourth-order valence-corrected chi connectivity index (χ4v) is 0. The van der Waals surface area contributed by atoms with Crippen LogP contribution in [0.4, 0.5) is 0 Å². The number of hydrogen-bond acceptors (Lipinski definition) is 1. The number of alkyl halides is 3. The molecule has 5 heteroatoms. The molecule has 0 rings (SSSR count). The molecule has 41 valence electrons. The van der Waals surface area contributed by atoms with Gasteiger partial charge in [0.15, 0.2) is 0 Å². The molecular weight excluding hydrogens is 294 g/mol. The van der Waals surface area contributed by atoms with E-state index in [0.717, 1.165) is 0 Å². The zero-order chi connectivity index (χ0) is 6.08. The molecule has 0 spiro atoms. The Morgan fingerprint density at radius 1 is 1.43 bits per heavy atom. The SMILES string of the molecule is [NH]C(=O)C(Br)(Br)Br. The maximum atomic E-state index is 9.99. The number of carbonyl (C=O) groups excluding carboxylic acids is 1. The molecule has 0 fully saturated rings. The van der Waals surface area contributed by atoms with Crippen molar-refractivity contribution in [2.24, 2.45) is 0 Å². The molecule has 0 aliphatic rings. The first-order valence-corrected chi connectivity index (χ1v) is 3.65. The number of nitrogens with one attached hydrogen (secondary N) is 1. The van der Waals surface area contributed by atoms with Crippen LogP contribution < -0.4 is 5.73 Å². The van der Waals surface area contributed by atoms with Crippen molar-refractivity contribution in [3.8, 4) is 0 Å². The summed E-state index contributed by atoms with van der Waals surface area (Å²) in [5.74, 6) is -0.757. The first-order chi connectivity index (χ1) is 2.94. The number of rotatable bonds is 0. The fourth-order valence-electron chi connectivity index (χ4n) is 0. The van der Waals surface area contributed by atoms with Gasteiger partial charge >= 0.3 is 0 Å². The second kappa shape index (κ2) is 2.46. The molecule has 1 N–H and O–H groups in total. The molecule has 0 aromatic carbocycles. The van der Waals surface area contributed by atoms with Crippen molar-refractivity contribution < 1.29 is 4.79 Å². The molecule has 0 saturated carbocycles.